The van der Waals surface area contributed by atoms with E-state index >= 15 is 0 Å². The molecule has 0 saturated carbocycles. The van der Waals surface area contributed by atoms with Crippen LogP contribution in [0, 0.1) is 5.50 Å². The minimum Gasteiger partial charge on any atom is -0.288 e. The summed E-state index contributed by atoms with van der Waals surface area (Å²) in [6.07, 6.45) is 0. The lowest BCUT2D eigenvalue weighted by molar-refractivity contribution is 0.686. The van der Waals surface area contributed by atoms with Crippen LogP contribution in [0.2, 0.25) is 0 Å². The quantitative estimate of drug-likeness (QED) is 0.489. The molecule has 0 heterocycles. The van der Waals surface area contributed by atoms with Crippen LogP contribution in [0.5, 0.6) is 0 Å². The van der Waals surface area contributed by atoms with E-state index in [-0.39, 0.29) is 0 Å². The zero-order valence-electron chi connectivity index (χ0n) is 5.36. The lowest BCUT2D eigenvalue weighted by Gasteiger charge is -2.08. The van der Waals surface area contributed by atoms with E-state index in [0.717, 1.165) is 18.6 Å². The summed E-state index contributed by atoms with van der Waals surface area (Å²) in [7, 11) is 0. The third kappa shape index (κ3) is 4.43. The van der Waals surface area contributed by atoms with Gasteiger partial charge in [-0.1, -0.05) is 13.8 Å². The molecule has 0 unspecified atom stereocenters. The molecule has 0 spiro atoms. The van der Waals surface area contributed by atoms with Crippen LogP contribution in [0.25, 0.3) is 0 Å². The van der Waals surface area contributed by atoms with Crippen molar-refractivity contribution in [3.63, 3.8) is 0 Å². The molecule has 0 aromatic rings. The Bertz CT molecular complexity index is 43.7. The zero-order chi connectivity index (χ0) is 6.41. The summed E-state index contributed by atoms with van der Waals surface area (Å²) >= 11 is 4.08. The fourth-order valence-corrected chi connectivity index (χ4v) is 0.714. The van der Waals surface area contributed by atoms with Gasteiger partial charge in [0.15, 0.2) is 5.50 Å². The van der Waals surface area contributed by atoms with Gasteiger partial charge in [0, 0.05) is 0 Å². The van der Waals surface area contributed by atoms with Gasteiger partial charge in [0.05, 0.1) is 0 Å². The first-order valence-electron chi connectivity index (χ1n) is 2.84. The van der Waals surface area contributed by atoms with Crippen molar-refractivity contribution in [3.8, 4) is 0 Å². The van der Waals surface area contributed by atoms with Crippen LogP contribution in [0.3, 0.4) is 0 Å². The van der Waals surface area contributed by atoms with Gasteiger partial charge in [-0.2, -0.15) is 0 Å². The maximum absolute atomic E-state index is 4.08. The molecule has 2 N–H and O–H groups in total. The normalized spacial score (nSPS) is 10.5. The molecule has 0 bridgehead atoms. The van der Waals surface area contributed by atoms with Gasteiger partial charge in [-0.05, 0) is 13.1 Å². The molecule has 2 nitrogen and oxygen atoms in total. The van der Waals surface area contributed by atoms with Gasteiger partial charge >= 0.3 is 0 Å². The molecule has 0 aromatic heterocycles. The van der Waals surface area contributed by atoms with E-state index in [1.807, 2.05) is 13.8 Å². The van der Waals surface area contributed by atoms with Crippen molar-refractivity contribution in [1.29, 1.82) is 0 Å². The fraction of sp³-hybridized carbons (Fsp3) is 0.800. The molecule has 0 fully saturated rings. The average Bonchev–Trinajstić information content (AvgIpc) is 1.68. The molecule has 1 radical (unpaired) electrons. The summed E-state index contributed by atoms with van der Waals surface area (Å²) in [6.45, 7) is 5.92. The summed E-state index contributed by atoms with van der Waals surface area (Å²) in [4.78, 5) is 0. The predicted octanol–water partition coefficient (Wildman–Crippen LogP) is 0.582. The molecule has 0 aromatic carbocycles. The standard InChI is InChI=1S/C5H13N2S/c1-3-6-5(8)7-4-2/h6-8H,3-4H2,1-2H3. The number of nitrogens with one attached hydrogen (secondary N) is 2. The number of hydrogen-bond donors (Lipinski definition) is 3. The van der Waals surface area contributed by atoms with Crippen LogP contribution in [-0.4, -0.2) is 13.1 Å². The molecule has 8 heavy (non-hydrogen) atoms. The average molecular weight is 133 g/mol. The summed E-state index contributed by atoms with van der Waals surface area (Å²) in [5.74, 6) is 0. The Kier molecular flexibility index (Phi) is 5.59. The Morgan fingerprint density at radius 2 is 1.62 bits per heavy atom. The molecular weight excluding hydrogens is 120 g/mol. The van der Waals surface area contributed by atoms with Crippen LogP contribution >= 0.6 is 12.6 Å². The molecule has 0 amide bonds. The van der Waals surface area contributed by atoms with Crippen LogP contribution in [0.15, 0.2) is 0 Å². The lowest BCUT2D eigenvalue weighted by Crippen LogP contribution is -2.29. The van der Waals surface area contributed by atoms with Crippen LogP contribution in [0.1, 0.15) is 13.8 Å². The second kappa shape index (κ2) is 5.41. The van der Waals surface area contributed by atoms with Crippen molar-refractivity contribution < 1.29 is 0 Å². The van der Waals surface area contributed by atoms with E-state index in [0.29, 0.717) is 0 Å². The van der Waals surface area contributed by atoms with Gasteiger partial charge in [-0.25, -0.2) is 0 Å². The fourth-order valence-electron chi connectivity index (χ4n) is 0.397. The highest BCUT2D eigenvalue weighted by Crippen LogP contribution is 1.90. The first kappa shape index (κ1) is 8.27. The van der Waals surface area contributed by atoms with Gasteiger partial charge in [-0.15, -0.1) is 12.6 Å². The maximum atomic E-state index is 4.08. The third-order valence-corrected chi connectivity index (χ3v) is 1.00. The second-order valence-corrected chi connectivity index (χ2v) is 1.86. The molecule has 0 aliphatic carbocycles. The van der Waals surface area contributed by atoms with Crippen molar-refractivity contribution in [2.75, 3.05) is 13.1 Å². The third-order valence-electron chi connectivity index (χ3n) is 0.688. The van der Waals surface area contributed by atoms with E-state index < -0.39 is 0 Å². The van der Waals surface area contributed by atoms with Crippen LogP contribution in [-0.2, 0) is 0 Å². The molecular formula is C5H13N2S. The summed E-state index contributed by atoms with van der Waals surface area (Å²) in [6, 6.07) is 0. The molecule has 0 atom stereocenters. The number of thiol groups is 1. The van der Waals surface area contributed by atoms with E-state index in [1.165, 1.54) is 0 Å². The lowest BCUT2D eigenvalue weighted by atomic mass is 10.7. The molecule has 0 aliphatic heterocycles. The smallest absolute Gasteiger partial charge is 0.156 e. The summed E-state index contributed by atoms with van der Waals surface area (Å²) in [5, 5.41) is 6.03. The highest BCUT2D eigenvalue weighted by Gasteiger charge is 1.94. The summed E-state index contributed by atoms with van der Waals surface area (Å²) < 4.78 is 0. The van der Waals surface area contributed by atoms with E-state index in [1.54, 1.807) is 0 Å². The van der Waals surface area contributed by atoms with E-state index in [4.69, 9.17) is 0 Å². The van der Waals surface area contributed by atoms with Gasteiger partial charge in [-0.3, -0.25) is 10.6 Å². The Balaban J connectivity index is 2.92. The Morgan fingerprint density at radius 1 is 1.25 bits per heavy atom. The molecule has 0 aliphatic rings. The zero-order valence-corrected chi connectivity index (χ0v) is 6.26. The predicted molar refractivity (Wildman–Crippen MR) is 39.6 cm³/mol. The molecule has 49 valence electrons. The van der Waals surface area contributed by atoms with Crippen LogP contribution in [0.4, 0.5) is 0 Å². The van der Waals surface area contributed by atoms with Crippen molar-refractivity contribution in [1.82, 2.24) is 10.6 Å². The number of rotatable bonds is 4. The van der Waals surface area contributed by atoms with Crippen molar-refractivity contribution in [2.45, 2.75) is 13.8 Å². The van der Waals surface area contributed by atoms with Crippen molar-refractivity contribution in [2.24, 2.45) is 0 Å². The first-order chi connectivity index (χ1) is 3.81. The highest BCUT2D eigenvalue weighted by molar-refractivity contribution is 7.83. The molecule has 0 saturated heterocycles. The van der Waals surface area contributed by atoms with Gasteiger partial charge in [0.1, 0.15) is 0 Å². The molecule has 3 heteroatoms. The molecule has 0 rings (SSSR count). The van der Waals surface area contributed by atoms with Crippen molar-refractivity contribution >= 4 is 12.6 Å². The summed E-state index contributed by atoms with van der Waals surface area (Å²) in [5.41, 5.74) is 0.856. The van der Waals surface area contributed by atoms with Crippen molar-refractivity contribution in [3.05, 3.63) is 5.50 Å². The second-order valence-electron chi connectivity index (χ2n) is 1.41. The monoisotopic (exact) mass is 133 g/mol. The minimum absolute atomic E-state index is 0.856. The van der Waals surface area contributed by atoms with Gasteiger partial charge in [0.25, 0.3) is 0 Å². The Hall–Kier alpha value is 0.270. The topological polar surface area (TPSA) is 24.1 Å². The maximum Gasteiger partial charge on any atom is 0.156 e. The van der Waals surface area contributed by atoms with E-state index in [9.17, 15) is 0 Å². The first-order valence-corrected chi connectivity index (χ1v) is 3.29. The minimum atomic E-state index is 0.856. The van der Waals surface area contributed by atoms with Gasteiger partial charge < -0.3 is 0 Å². The Labute approximate surface area is 56.5 Å². The SMILES string of the molecule is CCN[C](S)NCC. The van der Waals surface area contributed by atoms with E-state index in [2.05, 4.69) is 23.3 Å². The Morgan fingerprint density at radius 3 is 1.88 bits per heavy atom. The largest absolute Gasteiger partial charge is 0.288 e. The highest BCUT2D eigenvalue weighted by atomic mass is 32.1. The van der Waals surface area contributed by atoms with Crippen LogP contribution < -0.4 is 10.6 Å². The van der Waals surface area contributed by atoms with Gasteiger partial charge in [0.2, 0.25) is 0 Å². The number of hydrogen-bond acceptors (Lipinski definition) is 3.